The molecule has 4 aromatic rings. The van der Waals surface area contributed by atoms with Crippen molar-refractivity contribution in [2.75, 3.05) is 0 Å². The Balaban J connectivity index is 1.51. The molecule has 0 saturated carbocycles. The molecule has 8 heteroatoms. The van der Waals surface area contributed by atoms with E-state index in [0.29, 0.717) is 11.3 Å². The third-order valence-corrected chi connectivity index (χ3v) is 6.23. The van der Waals surface area contributed by atoms with E-state index < -0.39 is 23.2 Å². The fourth-order valence-corrected chi connectivity index (χ4v) is 3.99. The summed E-state index contributed by atoms with van der Waals surface area (Å²) in [6, 6.07) is 26.8. The Kier molecular flexibility index (Phi) is 7.78. The van der Waals surface area contributed by atoms with Crippen LogP contribution in [0.15, 0.2) is 101 Å². The largest absolute Gasteiger partial charge is 0.349 e. The van der Waals surface area contributed by atoms with E-state index in [9.17, 15) is 19.2 Å². The molecule has 0 saturated heterocycles. The molecule has 2 amide bonds. The van der Waals surface area contributed by atoms with Gasteiger partial charge >= 0.3 is 5.69 Å². The van der Waals surface area contributed by atoms with Crippen LogP contribution in [-0.2, 0) is 31.9 Å². The molecule has 37 heavy (non-hydrogen) atoms. The van der Waals surface area contributed by atoms with E-state index in [1.807, 2.05) is 72.8 Å². The van der Waals surface area contributed by atoms with Gasteiger partial charge in [-0.3, -0.25) is 23.5 Å². The van der Waals surface area contributed by atoms with E-state index in [4.69, 9.17) is 0 Å². The van der Waals surface area contributed by atoms with Gasteiger partial charge in [-0.25, -0.2) is 4.79 Å². The first kappa shape index (κ1) is 25.4. The van der Waals surface area contributed by atoms with Crippen molar-refractivity contribution in [1.29, 1.82) is 0 Å². The lowest BCUT2D eigenvalue weighted by Gasteiger charge is -2.19. The Morgan fingerprint density at radius 1 is 0.784 bits per heavy atom. The summed E-state index contributed by atoms with van der Waals surface area (Å²) < 4.78 is 2.30. The Bertz CT molecular complexity index is 1510. The number of nitrogens with zero attached hydrogens (tertiary/aromatic N) is 2. The number of benzene rings is 3. The lowest BCUT2D eigenvalue weighted by molar-refractivity contribution is -0.123. The second-order valence-corrected chi connectivity index (χ2v) is 8.75. The molecule has 0 bridgehead atoms. The maximum Gasteiger partial charge on any atom is 0.330 e. The molecule has 0 fully saturated rings. The minimum absolute atomic E-state index is 0.0341. The van der Waals surface area contributed by atoms with Gasteiger partial charge in [-0.15, -0.1) is 0 Å². The predicted molar refractivity (Wildman–Crippen MR) is 142 cm³/mol. The predicted octanol–water partition coefficient (Wildman–Crippen LogP) is 2.41. The number of carbonyl (C=O) groups excluding carboxylic acids is 2. The van der Waals surface area contributed by atoms with Crippen LogP contribution >= 0.6 is 0 Å². The molecule has 4 rings (SSSR count). The number of aromatic nitrogens is 2. The normalized spacial score (nSPS) is 11.5. The monoisotopic (exact) mass is 496 g/mol. The SMILES string of the molecule is Cn1c(CNC(=O)[C@@H](Cc2ccccc2)NC(=O)c2ccc(-c3ccccc3)cc2)cc(=O)n(C)c1=O. The lowest BCUT2D eigenvalue weighted by Crippen LogP contribution is -2.48. The minimum atomic E-state index is -0.868. The zero-order chi connectivity index (χ0) is 26.4. The van der Waals surface area contributed by atoms with Gasteiger partial charge in [0.05, 0.1) is 6.54 Å². The average Bonchev–Trinajstić information content (AvgIpc) is 2.93. The number of hydrogen-bond acceptors (Lipinski definition) is 4. The maximum absolute atomic E-state index is 13.2. The third kappa shape index (κ3) is 6.10. The van der Waals surface area contributed by atoms with Crippen LogP contribution < -0.4 is 21.9 Å². The first-order valence-electron chi connectivity index (χ1n) is 11.9. The van der Waals surface area contributed by atoms with Gasteiger partial charge in [-0.2, -0.15) is 0 Å². The fourth-order valence-electron chi connectivity index (χ4n) is 3.99. The van der Waals surface area contributed by atoms with Crippen molar-refractivity contribution < 1.29 is 9.59 Å². The lowest BCUT2D eigenvalue weighted by atomic mass is 10.0. The highest BCUT2D eigenvalue weighted by Gasteiger charge is 2.22. The van der Waals surface area contributed by atoms with Gasteiger partial charge in [0.1, 0.15) is 6.04 Å². The summed E-state index contributed by atoms with van der Waals surface area (Å²) in [6.45, 7) is -0.0341. The van der Waals surface area contributed by atoms with Gasteiger partial charge in [-0.05, 0) is 28.8 Å². The van der Waals surface area contributed by atoms with E-state index in [-0.39, 0.29) is 18.9 Å². The van der Waals surface area contributed by atoms with Crippen LogP contribution in [0.3, 0.4) is 0 Å². The summed E-state index contributed by atoms with van der Waals surface area (Å²) in [7, 11) is 2.93. The second kappa shape index (κ2) is 11.3. The van der Waals surface area contributed by atoms with Crippen molar-refractivity contribution >= 4 is 11.8 Å². The molecular weight excluding hydrogens is 468 g/mol. The van der Waals surface area contributed by atoms with E-state index in [1.165, 1.54) is 24.7 Å². The van der Waals surface area contributed by atoms with Crippen LogP contribution in [-0.4, -0.2) is 27.0 Å². The number of carbonyl (C=O) groups is 2. The Morgan fingerprint density at radius 2 is 1.38 bits per heavy atom. The first-order chi connectivity index (χ1) is 17.8. The molecule has 0 aliphatic heterocycles. The zero-order valence-electron chi connectivity index (χ0n) is 20.7. The molecule has 1 heterocycles. The topological polar surface area (TPSA) is 102 Å². The maximum atomic E-state index is 13.2. The molecule has 0 radical (unpaired) electrons. The van der Waals surface area contributed by atoms with Crippen LogP contribution in [0.4, 0.5) is 0 Å². The first-order valence-corrected chi connectivity index (χ1v) is 11.9. The van der Waals surface area contributed by atoms with Crippen molar-refractivity contribution in [3.63, 3.8) is 0 Å². The molecule has 0 aliphatic carbocycles. The van der Waals surface area contributed by atoms with Gasteiger partial charge in [0.2, 0.25) is 5.91 Å². The van der Waals surface area contributed by atoms with E-state index >= 15 is 0 Å². The standard InChI is InChI=1S/C29H28N4O4/c1-32-24(18-26(34)33(2)29(32)37)19-30-28(36)25(17-20-9-5-3-6-10-20)31-27(35)23-15-13-22(14-16-23)21-11-7-4-8-12-21/h3-16,18,25H,17,19H2,1-2H3,(H,30,36)(H,31,35)/t25-/m1/s1. The summed E-state index contributed by atoms with van der Waals surface area (Å²) >= 11 is 0. The molecule has 1 aromatic heterocycles. The van der Waals surface area contributed by atoms with Crippen molar-refractivity contribution in [3.8, 4) is 11.1 Å². The summed E-state index contributed by atoms with van der Waals surface area (Å²) in [5.41, 5.74) is 2.76. The van der Waals surface area contributed by atoms with Gasteiger partial charge in [0, 0.05) is 37.8 Å². The van der Waals surface area contributed by atoms with Crippen LogP contribution in [0.5, 0.6) is 0 Å². The average molecular weight is 497 g/mol. The van der Waals surface area contributed by atoms with Crippen LogP contribution in [0, 0.1) is 0 Å². The van der Waals surface area contributed by atoms with E-state index in [0.717, 1.165) is 21.3 Å². The van der Waals surface area contributed by atoms with E-state index in [1.54, 1.807) is 12.1 Å². The molecule has 0 aliphatic rings. The number of rotatable bonds is 8. The van der Waals surface area contributed by atoms with Gasteiger partial charge in [0.25, 0.3) is 11.5 Å². The van der Waals surface area contributed by atoms with Crippen LogP contribution in [0.1, 0.15) is 21.6 Å². The molecule has 8 nitrogen and oxygen atoms in total. The molecule has 188 valence electrons. The fraction of sp³-hybridized carbons (Fsp3) is 0.172. The molecule has 3 aromatic carbocycles. The summed E-state index contributed by atoms with van der Waals surface area (Å²) in [5.74, 6) is -0.803. The third-order valence-electron chi connectivity index (χ3n) is 6.23. The highest BCUT2D eigenvalue weighted by Crippen LogP contribution is 2.19. The second-order valence-electron chi connectivity index (χ2n) is 8.75. The Labute approximate surface area is 214 Å². The quantitative estimate of drug-likeness (QED) is 0.391. The van der Waals surface area contributed by atoms with Crippen molar-refractivity contribution in [1.82, 2.24) is 19.8 Å². The molecule has 0 unspecified atom stereocenters. The molecular formula is C29H28N4O4. The van der Waals surface area contributed by atoms with Gasteiger partial charge in [0.15, 0.2) is 0 Å². The molecule has 2 N–H and O–H groups in total. The van der Waals surface area contributed by atoms with Crippen molar-refractivity contribution in [3.05, 3.63) is 129 Å². The van der Waals surface area contributed by atoms with Crippen molar-refractivity contribution in [2.24, 2.45) is 14.1 Å². The number of amides is 2. The van der Waals surface area contributed by atoms with Gasteiger partial charge < -0.3 is 10.6 Å². The zero-order valence-corrected chi connectivity index (χ0v) is 20.7. The number of nitrogens with one attached hydrogen (secondary N) is 2. The minimum Gasteiger partial charge on any atom is -0.349 e. The molecule has 1 atom stereocenters. The summed E-state index contributed by atoms with van der Waals surface area (Å²) in [4.78, 5) is 50.5. The highest BCUT2D eigenvalue weighted by molar-refractivity contribution is 5.98. The summed E-state index contributed by atoms with van der Waals surface area (Å²) in [6.07, 6.45) is 0.274. The van der Waals surface area contributed by atoms with E-state index in [2.05, 4.69) is 10.6 Å². The van der Waals surface area contributed by atoms with Crippen molar-refractivity contribution in [2.45, 2.75) is 19.0 Å². The smallest absolute Gasteiger partial charge is 0.330 e. The Morgan fingerprint density at radius 3 is 2.03 bits per heavy atom. The number of hydrogen-bond donors (Lipinski definition) is 2. The van der Waals surface area contributed by atoms with Crippen LogP contribution in [0.25, 0.3) is 11.1 Å². The van der Waals surface area contributed by atoms with Gasteiger partial charge in [-0.1, -0.05) is 72.8 Å². The Hall–Kier alpha value is -4.72. The highest BCUT2D eigenvalue weighted by atomic mass is 16.2. The summed E-state index contributed by atoms with van der Waals surface area (Å²) in [5, 5.41) is 5.60. The van der Waals surface area contributed by atoms with Crippen LogP contribution in [0.2, 0.25) is 0 Å². The molecule has 0 spiro atoms.